The van der Waals surface area contributed by atoms with E-state index in [2.05, 4.69) is 9.97 Å². The monoisotopic (exact) mass is 404 g/mol. The van der Waals surface area contributed by atoms with Crippen molar-refractivity contribution in [3.63, 3.8) is 0 Å². The first-order chi connectivity index (χ1) is 13.2. The molecular formula is C20H25ClN4O3. The Balaban J connectivity index is 1.63. The zero-order valence-electron chi connectivity index (χ0n) is 16.4. The molecule has 1 amide bonds. The molecule has 1 saturated carbocycles. The summed E-state index contributed by atoms with van der Waals surface area (Å²) < 4.78 is 7.47. The normalized spacial score (nSPS) is 20.4. The quantitative estimate of drug-likeness (QED) is 0.564. The number of fused-ring (bicyclic) bond motifs is 1. The second-order valence-corrected chi connectivity index (χ2v) is 9.03. The Morgan fingerprint density at radius 2 is 1.96 bits per heavy atom. The highest BCUT2D eigenvalue weighted by atomic mass is 35.5. The van der Waals surface area contributed by atoms with Crippen molar-refractivity contribution in [1.82, 2.24) is 19.4 Å². The standard InChI is InChI=1S/C20H25ClN4O3/c1-20(2,3)28-19(27)24-8-7-13(9-24)25-10-14(16(26)12-5-4-6-12)15-17(21)22-11-23-18(15)25/h10-13H,4-9H2,1-3H3. The van der Waals surface area contributed by atoms with Crippen LogP contribution in [-0.4, -0.2) is 50.0 Å². The van der Waals surface area contributed by atoms with Gasteiger partial charge in [-0.25, -0.2) is 14.8 Å². The largest absolute Gasteiger partial charge is 0.444 e. The van der Waals surface area contributed by atoms with Crippen molar-refractivity contribution >= 4 is 34.5 Å². The highest BCUT2D eigenvalue weighted by Crippen LogP contribution is 2.36. The molecule has 1 atom stereocenters. The molecular weight excluding hydrogens is 380 g/mol. The summed E-state index contributed by atoms with van der Waals surface area (Å²) in [5.74, 6) is 0.186. The van der Waals surface area contributed by atoms with Gasteiger partial charge in [0.05, 0.1) is 11.4 Å². The van der Waals surface area contributed by atoms with Gasteiger partial charge < -0.3 is 14.2 Å². The highest BCUT2D eigenvalue weighted by Gasteiger charge is 2.34. The van der Waals surface area contributed by atoms with Crippen molar-refractivity contribution in [3.8, 4) is 0 Å². The molecule has 0 radical (unpaired) electrons. The number of Topliss-reactive ketones (excluding diaryl/α,β-unsaturated/α-hetero) is 1. The van der Waals surface area contributed by atoms with Gasteiger partial charge in [-0.15, -0.1) is 0 Å². The van der Waals surface area contributed by atoms with Crippen molar-refractivity contribution < 1.29 is 14.3 Å². The number of aromatic nitrogens is 3. The molecule has 0 aromatic carbocycles. The number of carbonyl (C=O) groups excluding carboxylic acids is 2. The van der Waals surface area contributed by atoms with Crippen LogP contribution >= 0.6 is 11.6 Å². The third kappa shape index (κ3) is 3.48. The number of halogens is 1. The Morgan fingerprint density at radius 1 is 1.21 bits per heavy atom. The summed E-state index contributed by atoms with van der Waals surface area (Å²) >= 11 is 6.34. The van der Waals surface area contributed by atoms with E-state index in [1.54, 1.807) is 4.90 Å². The van der Waals surface area contributed by atoms with Gasteiger partial charge in [0.25, 0.3) is 0 Å². The van der Waals surface area contributed by atoms with Gasteiger partial charge in [-0.05, 0) is 40.0 Å². The molecule has 0 spiro atoms. The van der Waals surface area contributed by atoms with Crippen LogP contribution in [0.25, 0.3) is 11.0 Å². The lowest BCUT2D eigenvalue weighted by Crippen LogP contribution is -2.35. The van der Waals surface area contributed by atoms with Crippen LogP contribution in [0.3, 0.4) is 0 Å². The molecule has 1 unspecified atom stereocenters. The number of nitrogens with zero attached hydrogens (tertiary/aromatic N) is 4. The van der Waals surface area contributed by atoms with E-state index in [9.17, 15) is 9.59 Å². The van der Waals surface area contributed by atoms with E-state index in [4.69, 9.17) is 16.3 Å². The van der Waals surface area contributed by atoms with E-state index >= 15 is 0 Å². The Morgan fingerprint density at radius 3 is 2.61 bits per heavy atom. The molecule has 2 aliphatic rings. The second kappa shape index (κ2) is 7.03. The van der Waals surface area contributed by atoms with Crippen LogP contribution in [0.5, 0.6) is 0 Å². The van der Waals surface area contributed by atoms with Crippen molar-refractivity contribution in [3.05, 3.63) is 23.2 Å². The topological polar surface area (TPSA) is 77.3 Å². The molecule has 28 heavy (non-hydrogen) atoms. The first kappa shape index (κ1) is 19.2. The molecule has 1 aliphatic carbocycles. The number of likely N-dealkylation sites (tertiary alicyclic amines) is 1. The molecule has 2 aromatic heterocycles. The minimum atomic E-state index is -0.529. The summed E-state index contributed by atoms with van der Waals surface area (Å²) in [6.45, 7) is 6.68. The van der Waals surface area contributed by atoms with Crippen LogP contribution in [0.15, 0.2) is 12.5 Å². The van der Waals surface area contributed by atoms with Gasteiger partial charge in [-0.1, -0.05) is 18.0 Å². The maximum absolute atomic E-state index is 12.9. The fraction of sp³-hybridized carbons (Fsp3) is 0.600. The molecule has 1 saturated heterocycles. The van der Waals surface area contributed by atoms with Crippen LogP contribution in [0, 0.1) is 5.92 Å². The highest BCUT2D eigenvalue weighted by molar-refractivity contribution is 6.35. The van der Waals surface area contributed by atoms with Crippen molar-refractivity contribution in [2.45, 2.75) is 58.1 Å². The van der Waals surface area contributed by atoms with Gasteiger partial charge in [-0.3, -0.25) is 4.79 Å². The van der Waals surface area contributed by atoms with Crippen LogP contribution in [0.4, 0.5) is 4.79 Å². The second-order valence-electron chi connectivity index (χ2n) is 8.67. The van der Waals surface area contributed by atoms with E-state index in [1.807, 2.05) is 31.5 Å². The van der Waals surface area contributed by atoms with Crippen LogP contribution in [-0.2, 0) is 4.74 Å². The summed E-state index contributed by atoms with van der Waals surface area (Å²) in [5, 5.41) is 0.921. The van der Waals surface area contributed by atoms with E-state index in [1.165, 1.54) is 6.33 Å². The lowest BCUT2D eigenvalue weighted by Gasteiger charge is -2.24. The maximum Gasteiger partial charge on any atom is 0.410 e. The van der Waals surface area contributed by atoms with E-state index in [0.717, 1.165) is 25.7 Å². The fourth-order valence-corrected chi connectivity index (χ4v) is 4.09. The SMILES string of the molecule is CC(C)(C)OC(=O)N1CCC(n2cc(C(=O)C3CCC3)c3c(Cl)ncnc32)C1. The average molecular weight is 405 g/mol. The number of carbonyl (C=O) groups is 2. The fourth-order valence-electron chi connectivity index (χ4n) is 3.86. The molecule has 3 heterocycles. The molecule has 1 aliphatic heterocycles. The van der Waals surface area contributed by atoms with E-state index < -0.39 is 5.60 Å². The van der Waals surface area contributed by atoms with Gasteiger partial charge in [0.2, 0.25) is 0 Å². The van der Waals surface area contributed by atoms with Gasteiger partial charge in [-0.2, -0.15) is 0 Å². The van der Waals surface area contributed by atoms with Crippen molar-refractivity contribution in [2.75, 3.05) is 13.1 Å². The molecule has 150 valence electrons. The molecule has 0 bridgehead atoms. The molecule has 7 nitrogen and oxygen atoms in total. The number of hydrogen-bond acceptors (Lipinski definition) is 5. The summed E-state index contributed by atoms with van der Waals surface area (Å²) in [5.41, 5.74) is 0.720. The number of rotatable bonds is 3. The van der Waals surface area contributed by atoms with Crippen LogP contribution < -0.4 is 0 Å². The Labute approximate surface area is 169 Å². The predicted octanol–water partition coefficient (Wildman–Crippen LogP) is 4.25. The minimum Gasteiger partial charge on any atom is -0.444 e. The summed E-state index contributed by atoms with van der Waals surface area (Å²) in [4.78, 5) is 35.5. The molecule has 4 rings (SSSR count). The molecule has 0 N–H and O–H groups in total. The summed E-state index contributed by atoms with van der Waals surface area (Å²) in [7, 11) is 0. The number of amides is 1. The maximum atomic E-state index is 12.9. The lowest BCUT2D eigenvalue weighted by atomic mass is 9.80. The zero-order chi connectivity index (χ0) is 20.1. The summed E-state index contributed by atoms with van der Waals surface area (Å²) in [6.07, 6.45) is 6.66. The van der Waals surface area contributed by atoms with Crippen LogP contribution in [0.1, 0.15) is 62.9 Å². The zero-order valence-corrected chi connectivity index (χ0v) is 17.2. The lowest BCUT2D eigenvalue weighted by molar-refractivity contribution is 0.0289. The Bertz CT molecular complexity index is 929. The first-order valence-corrected chi connectivity index (χ1v) is 10.2. The van der Waals surface area contributed by atoms with Gasteiger partial charge >= 0.3 is 6.09 Å². The van der Waals surface area contributed by atoms with Crippen molar-refractivity contribution in [1.29, 1.82) is 0 Å². The van der Waals surface area contributed by atoms with Gasteiger partial charge in [0.15, 0.2) is 5.78 Å². The minimum absolute atomic E-state index is 0.0175. The molecule has 8 heteroatoms. The van der Waals surface area contributed by atoms with Gasteiger partial charge in [0.1, 0.15) is 22.7 Å². The summed E-state index contributed by atoms with van der Waals surface area (Å²) in [6, 6.07) is 0.0175. The van der Waals surface area contributed by atoms with Crippen LogP contribution in [0.2, 0.25) is 5.15 Å². The molecule has 2 aromatic rings. The molecule has 2 fully saturated rings. The number of ketones is 1. The number of hydrogen-bond donors (Lipinski definition) is 0. The van der Waals surface area contributed by atoms with Crippen molar-refractivity contribution in [2.24, 2.45) is 5.92 Å². The van der Waals surface area contributed by atoms with E-state index in [0.29, 0.717) is 34.8 Å². The third-order valence-corrected chi connectivity index (χ3v) is 5.80. The third-order valence-electron chi connectivity index (χ3n) is 5.51. The average Bonchev–Trinajstić information content (AvgIpc) is 3.16. The Hall–Kier alpha value is -2.15. The predicted molar refractivity (Wildman–Crippen MR) is 106 cm³/mol. The Kier molecular flexibility index (Phi) is 4.81. The van der Waals surface area contributed by atoms with Gasteiger partial charge in [0, 0.05) is 30.8 Å². The van der Waals surface area contributed by atoms with E-state index in [-0.39, 0.29) is 23.8 Å². The first-order valence-electron chi connectivity index (χ1n) is 9.78. The smallest absolute Gasteiger partial charge is 0.410 e. The number of ether oxygens (including phenoxy) is 1.